The molecule has 0 saturated heterocycles. The predicted octanol–water partition coefficient (Wildman–Crippen LogP) is 2.37. The third-order valence-electron chi connectivity index (χ3n) is 2.27. The second-order valence-corrected chi connectivity index (χ2v) is 3.41. The monoisotopic (exact) mass is 256 g/mol. The highest BCUT2D eigenvalue weighted by molar-refractivity contribution is 5.85. The number of benzene rings is 1. The summed E-state index contributed by atoms with van der Waals surface area (Å²) in [7, 11) is 0. The number of nitrogens with zero attached hydrogens (tertiary/aromatic N) is 1. The molecule has 1 aromatic heterocycles. The SMILES string of the molecule is CC(Oc1ccc2occc2c1)C(N)=NO.Cl. The minimum Gasteiger partial charge on any atom is -0.483 e. The van der Waals surface area contributed by atoms with Gasteiger partial charge in [0, 0.05) is 5.39 Å². The zero-order chi connectivity index (χ0) is 11.5. The van der Waals surface area contributed by atoms with E-state index in [0.717, 1.165) is 11.0 Å². The van der Waals surface area contributed by atoms with E-state index in [1.165, 1.54) is 0 Å². The molecule has 1 aromatic carbocycles. The predicted molar refractivity (Wildman–Crippen MR) is 67.0 cm³/mol. The molecule has 0 bridgehead atoms. The number of hydrogen-bond donors (Lipinski definition) is 2. The maximum atomic E-state index is 8.49. The molecular weight excluding hydrogens is 244 g/mol. The molecule has 0 fully saturated rings. The molecule has 0 radical (unpaired) electrons. The van der Waals surface area contributed by atoms with Gasteiger partial charge < -0.3 is 20.1 Å². The maximum Gasteiger partial charge on any atom is 0.180 e. The second kappa shape index (κ2) is 5.45. The van der Waals surface area contributed by atoms with E-state index in [4.69, 9.17) is 20.1 Å². The number of fused-ring (bicyclic) bond motifs is 1. The lowest BCUT2D eigenvalue weighted by Gasteiger charge is -2.12. The van der Waals surface area contributed by atoms with Crippen molar-refractivity contribution in [3.05, 3.63) is 30.5 Å². The number of ether oxygens (including phenoxy) is 1. The standard InChI is InChI=1S/C11H12N2O3.ClH/c1-7(11(12)13-14)16-9-2-3-10-8(6-9)4-5-15-10;/h2-7,14H,1H3,(H2,12,13);1H. The molecule has 5 nitrogen and oxygen atoms in total. The Morgan fingerprint density at radius 3 is 2.94 bits per heavy atom. The van der Waals surface area contributed by atoms with Gasteiger partial charge >= 0.3 is 0 Å². The summed E-state index contributed by atoms with van der Waals surface area (Å²) in [6, 6.07) is 7.26. The fourth-order valence-electron chi connectivity index (χ4n) is 1.36. The largest absolute Gasteiger partial charge is 0.483 e. The fraction of sp³-hybridized carbons (Fsp3) is 0.182. The van der Waals surface area contributed by atoms with Crippen LogP contribution in [0.1, 0.15) is 6.92 Å². The van der Waals surface area contributed by atoms with Crippen LogP contribution in [-0.2, 0) is 0 Å². The molecule has 0 aliphatic rings. The number of nitrogens with two attached hydrogens (primary N) is 1. The first-order chi connectivity index (χ1) is 7.70. The Balaban J connectivity index is 0.00000144. The first-order valence-electron chi connectivity index (χ1n) is 4.82. The molecular formula is C11H13ClN2O3. The van der Waals surface area contributed by atoms with Gasteiger partial charge in [-0.25, -0.2) is 0 Å². The van der Waals surface area contributed by atoms with E-state index in [-0.39, 0.29) is 18.2 Å². The molecule has 0 aliphatic heterocycles. The molecule has 3 N–H and O–H groups in total. The number of hydrogen-bond acceptors (Lipinski definition) is 4. The molecule has 6 heteroatoms. The van der Waals surface area contributed by atoms with Gasteiger partial charge in [-0.15, -0.1) is 12.4 Å². The Morgan fingerprint density at radius 1 is 1.47 bits per heavy atom. The topological polar surface area (TPSA) is 81.0 Å². The van der Waals surface area contributed by atoms with Gasteiger partial charge in [0.05, 0.1) is 6.26 Å². The van der Waals surface area contributed by atoms with E-state index in [2.05, 4.69) is 5.16 Å². The number of rotatable bonds is 3. The Morgan fingerprint density at radius 2 is 2.24 bits per heavy atom. The van der Waals surface area contributed by atoms with Gasteiger partial charge in [-0.2, -0.15) is 0 Å². The quantitative estimate of drug-likeness (QED) is 0.382. The van der Waals surface area contributed by atoms with E-state index in [0.29, 0.717) is 5.75 Å². The molecule has 2 rings (SSSR count). The normalized spacial score (nSPS) is 13.1. The van der Waals surface area contributed by atoms with Crippen molar-refractivity contribution in [1.29, 1.82) is 0 Å². The van der Waals surface area contributed by atoms with Crippen LogP contribution in [0.25, 0.3) is 11.0 Å². The van der Waals surface area contributed by atoms with Crippen molar-refractivity contribution in [2.75, 3.05) is 0 Å². The number of oxime groups is 1. The van der Waals surface area contributed by atoms with E-state index >= 15 is 0 Å². The van der Waals surface area contributed by atoms with Crippen LogP contribution in [0.4, 0.5) is 0 Å². The summed E-state index contributed by atoms with van der Waals surface area (Å²) in [5.41, 5.74) is 6.21. The van der Waals surface area contributed by atoms with Gasteiger partial charge in [0.15, 0.2) is 11.9 Å². The maximum absolute atomic E-state index is 8.49. The molecule has 1 heterocycles. The van der Waals surface area contributed by atoms with E-state index < -0.39 is 6.10 Å². The van der Waals surface area contributed by atoms with Crippen LogP contribution in [0.15, 0.2) is 40.1 Å². The second-order valence-electron chi connectivity index (χ2n) is 3.41. The lowest BCUT2D eigenvalue weighted by Crippen LogP contribution is -2.31. The van der Waals surface area contributed by atoms with Crippen molar-refractivity contribution in [3.63, 3.8) is 0 Å². The summed E-state index contributed by atoms with van der Waals surface area (Å²) in [5, 5.41) is 12.3. The third-order valence-corrected chi connectivity index (χ3v) is 2.27. The van der Waals surface area contributed by atoms with Crippen LogP contribution in [0.2, 0.25) is 0 Å². The van der Waals surface area contributed by atoms with Gasteiger partial charge in [-0.1, -0.05) is 5.16 Å². The molecule has 17 heavy (non-hydrogen) atoms. The minimum atomic E-state index is -0.477. The third kappa shape index (κ3) is 2.82. The van der Waals surface area contributed by atoms with Gasteiger partial charge in [-0.3, -0.25) is 0 Å². The number of halogens is 1. The van der Waals surface area contributed by atoms with Crippen molar-refractivity contribution in [2.24, 2.45) is 10.9 Å². The average molecular weight is 257 g/mol. The Labute approximate surface area is 104 Å². The lowest BCUT2D eigenvalue weighted by molar-refractivity contribution is 0.266. The summed E-state index contributed by atoms with van der Waals surface area (Å²) >= 11 is 0. The van der Waals surface area contributed by atoms with Crippen LogP contribution in [0, 0.1) is 0 Å². The van der Waals surface area contributed by atoms with Gasteiger partial charge in [-0.05, 0) is 31.2 Å². The van der Waals surface area contributed by atoms with Gasteiger partial charge in [0.25, 0.3) is 0 Å². The molecule has 0 amide bonds. The first kappa shape index (κ1) is 13.2. The van der Waals surface area contributed by atoms with Gasteiger partial charge in [0.2, 0.25) is 0 Å². The summed E-state index contributed by atoms with van der Waals surface area (Å²) < 4.78 is 10.7. The minimum absolute atomic E-state index is 0. The summed E-state index contributed by atoms with van der Waals surface area (Å²) in [6.07, 6.45) is 1.14. The van der Waals surface area contributed by atoms with E-state index in [1.54, 1.807) is 19.3 Å². The van der Waals surface area contributed by atoms with Crippen molar-refractivity contribution in [3.8, 4) is 5.75 Å². The zero-order valence-corrected chi connectivity index (χ0v) is 9.98. The van der Waals surface area contributed by atoms with Crippen LogP contribution in [0.5, 0.6) is 5.75 Å². The Hall–Kier alpha value is -1.88. The van der Waals surface area contributed by atoms with Gasteiger partial charge in [0.1, 0.15) is 11.3 Å². The molecule has 1 atom stereocenters. The lowest BCUT2D eigenvalue weighted by atomic mass is 10.2. The molecule has 92 valence electrons. The molecule has 0 saturated carbocycles. The molecule has 0 aliphatic carbocycles. The average Bonchev–Trinajstić information content (AvgIpc) is 2.75. The van der Waals surface area contributed by atoms with Crippen molar-refractivity contribution < 1.29 is 14.4 Å². The van der Waals surface area contributed by atoms with Crippen molar-refractivity contribution >= 4 is 29.2 Å². The Kier molecular flexibility index (Phi) is 4.23. The summed E-state index contributed by atoms with van der Waals surface area (Å²) in [4.78, 5) is 0. The summed E-state index contributed by atoms with van der Waals surface area (Å²) in [6.45, 7) is 1.70. The van der Waals surface area contributed by atoms with E-state index in [1.807, 2.05) is 18.2 Å². The number of furan rings is 1. The van der Waals surface area contributed by atoms with Crippen LogP contribution in [0.3, 0.4) is 0 Å². The van der Waals surface area contributed by atoms with Crippen LogP contribution in [-0.4, -0.2) is 17.1 Å². The Bertz CT molecular complexity index is 524. The van der Waals surface area contributed by atoms with Crippen LogP contribution >= 0.6 is 12.4 Å². The highest BCUT2D eigenvalue weighted by Gasteiger charge is 2.09. The van der Waals surface area contributed by atoms with Crippen molar-refractivity contribution in [2.45, 2.75) is 13.0 Å². The van der Waals surface area contributed by atoms with Crippen molar-refractivity contribution in [1.82, 2.24) is 0 Å². The highest BCUT2D eigenvalue weighted by atomic mass is 35.5. The summed E-state index contributed by atoms with van der Waals surface area (Å²) in [5.74, 6) is 0.681. The zero-order valence-electron chi connectivity index (χ0n) is 9.16. The fourth-order valence-corrected chi connectivity index (χ4v) is 1.36. The molecule has 1 unspecified atom stereocenters. The molecule has 2 aromatic rings. The number of amidine groups is 1. The smallest absolute Gasteiger partial charge is 0.180 e. The van der Waals surface area contributed by atoms with Crippen LogP contribution < -0.4 is 10.5 Å². The van der Waals surface area contributed by atoms with E-state index in [9.17, 15) is 0 Å². The molecule has 0 spiro atoms. The first-order valence-corrected chi connectivity index (χ1v) is 4.82. The highest BCUT2D eigenvalue weighted by Crippen LogP contribution is 2.22.